The Morgan fingerprint density at radius 2 is 1.40 bits per heavy atom. The van der Waals surface area contributed by atoms with Crippen molar-refractivity contribution in [3.05, 3.63) is 65.2 Å². The predicted molar refractivity (Wildman–Crippen MR) is 121 cm³/mol. The first kappa shape index (κ1) is 23.0. The van der Waals surface area contributed by atoms with Crippen molar-refractivity contribution in [3.8, 4) is 0 Å². The molecule has 0 saturated heterocycles. The Morgan fingerprint density at radius 3 is 1.87 bits per heavy atom. The third kappa shape index (κ3) is 3.61. The van der Waals surface area contributed by atoms with E-state index in [1.807, 2.05) is 26.0 Å². The molecule has 0 unspecified atom stereocenters. The molecule has 1 aliphatic rings. The van der Waals surface area contributed by atoms with Crippen LogP contribution in [0.15, 0.2) is 53.5 Å². The van der Waals surface area contributed by atoms with E-state index in [9.17, 15) is 28.7 Å². The van der Waals surface area contributed by atoms with Crippen LogP contribution in [-0.4, -0.2) is 48.3 Å². The Kier molecular flexibility index (Phi) is 6.20. The van der Waals surface area contributed by atoms with Crippen LogP contribution in [-0.2, 0) is 9.13 Å². The molecule has 0 radical (unpaired) electrons. The van der Waals surface area contributed by atoms with Gasteiger partial charge in [0.05, 0.1) is 10.6 Å². The van der Waals surface area contributed by atoms with Gasteiger partial charge in [-0.1, -0.05) is 48.6 Å². The Bertz CT molecular complexity index is 1080. The number of anilines is 1. The number of fused-ring (bicyclic) bond motifs is 1. The van der Waals surface area contributed by atoms with Crippen molar-refractivity contribution < 1.29 is 28.7 Å². The van der Waals surface area contributed by atoms with Crippen LogP contribution in [0.3, 0.4) is 0 Å². The smallest absolute Gasteiger partial charge is 0.370 e. The molecule has 0 amide bonds. The van der Waals surface area contributed by atoms with Gasteiger partial charge in [0, 0.05) is 35.5 Å². The number of hydrogen-bond acceptors (Lipinski definition) is 5. The summed E-state index contributed by atoms with van der Waals surface area (Å²) in [5.74, 6) is 0. The molecule has 0 aliphatic carbocycles. The summed E-state index contributed by atoms with van der Waals surface area (Å²) in [7, 11) is -11.0. The highest BCUT2D eigenvalue weighted by molar-refractivity contribution is 7.86. The summed E-state index contributed by atoms with van der Waals surface area (Å²) in [6, 6.07) is 13.5. The third-order valence-electron chi connectivity index (χ3n) is 5.08. The summed E-state index contributed by atoms with van der Waals surface area (Å²) < 4.78 is 24.7. The van der Waals surface area contributed by atoms with Crippen molar-refractivity contribution in [3.63, 3.8) is 0 Å². The van der Waals surface area contributed by atoms with Gasteiger partial charge in [-0.25, -0.2) is 4.99 Å². The predicted octanol–water partition coefficient (Wildman–Crippen LogP) is 3.11. The highest BCUT2D eigenvalue weighted by Crippen LogP contribution is 2.72. The van der Waals surface area contributed by atoms with Crippen LogP contribution in [0.25, 0.3) is 0 Å². The quantitative estimate of drug-likeness (QED) is 0.376. The van der Waals surface area contributed by atoms with Crippen molar-refractivity contribution in [2.75, 3.05) is 18.0 Å². The van der Waals surface area contributed by atoms with Crippen LogP contribution < -0.4 is 4.90 Å². The van der Waals surface area contributed by atoms with Gasteiger partial charge in [-0.15, -0.1) is 0 Å². The van der Waals surface area contributed by atoms with Gasteiger partial charge >= 0.3 is 15.2 Å². The normalized spacial score (nSPS) is 16.1. The zero-order valence-corrected chi connectivity index (χ0v) is 18.9. The molecule has 3 rings (SSSR count). The van der Waals surface area contributed by atoms with Crippen molar-refractivity contribution in [2.24, 2.45) is 4.99 Å². The number of aliphatic imine (C=N–C) groups is 1. The highest BCUT2D eigenvalue weighted by atomic mass is 32.1. The zero-order valence-electron chi connectivity index (χ0n) is 16.3. The van der Waals surface area contributed by atoms with E-state index < -0.39 is 25.1 Å². The lowest BCUT2D eigenvalue weighted by Crippen LogP contribution is -2.41. The Balaban J connectivity index is 2.30. The average Bonchev–Trinajstić information content (AvgIpc) is 2.68. The molecule has 160 valence electrons. The van der Waals surface area contributed by atoms with E-state index in [1.165, 1.54) is 6.07 Å². The van der Waals surface area contributed by atoms with Gasteiger partial charge in [0.2, 0.25) is 0 Å². The first-order valence-corrected chi connectivity index (χ1v) is 12.8. The van der Waals surface area contributed by atoms with Gasteiger partial charge in [-0.05, 0) is 26.0 Å². The van der Waals surface area contributed by atoms with Crippen LogP contribution in [0.5, 0.6) is 0 Å². The molecular weight excluding hydrogens is 446 g/mol. The second-order valence-electron chi connectivity index (χ2n) is 6.78. The molecule has 2 aromatic rings. The molecule has 0 aromatic heterocycles. The van der Waals surface area contributed by atoms with E-state index in [2.05, 4.69) is 9.89 Å². The average molecular weight is 468 g/mol. The second kappa shape index (κ2) is 8.09. The molecule has 4 N–H and O–H groups in total. The summed E-state index contributed by atoms with van der Waals surface area (Å²) in [5, 5.41) is -3.14. The molecule has 30 heavy (non-hydrogen) atoms. The van der Waals surface area contributed by atoms with Crippen LogP contribution in [0.4, 0.5) is 5.69 Å². The third-order valence-corrected chi connectivity index (χ3v) is 9.73. The Labute approximate surface area is 179 Å². The molecule has 0 bridgehead atoms. The molecule has 1 heterocycles. The van der Waals surface area contributed by atoms with E-state index in [0.29, 0.717) is 11.1 Å². The van der Waals surface area contributed by atoms with Gasteiger partial charge in [0.25, 0.3) is 5.02 Å². The zero-order chi connectivity index (χ0) is 22.3. The number of hydrogen-bond donors (Lipinski definition) is 4. The van der Waals surface area contributed by atoms with E-state index in [1.54, 1.807) is 30.3 Å². The van der Waals surface area contributed by atoms with Crippen molar-refractivity contribution in [1.82, 2.24) is 0 Å². The largest absolute Gasteiger partial charge is 0.372 e. The van der Waals surface area contributed by atoms with Gasteiger partial charge in [-0.3, -0.25) is 9.13 Å². The minimum Gasteiger partial charge on any atom is -0.372 e. The number of nitrogens with zero attached hydrogens (tertiary/aromatic N) is 2. The number of rotatable bonds is 6. The molecule has 0 spiro atoms. The lowest BCUT2D eigenvalue weighted by molar-refractivity contribution is 0.329. The molecule has 0 fully saturated rings. The molecule has 0 atom stereocenters. The number of benzene rings is 2. The van der Waals surface area contributed by atoms with E-state index >= 15 is 0 Å². The fraction of sp³-hybridized carbons (Fsp3) is 0.263. The summed E-state index contributed by atoms with van der Waals surface area (Å²) in [5.41, 5.74) is 2.09. The summed E-state index contributed by atoms with van der Waals surface area (Å²) in [6.45, 7) is 5.64. The van der Waals surface area contributed by atoms with Crippen molar-refractivity contribution in [2.45, 2.75) is 18.9 Å². The maximum atomic E-state index is 12.4. The molecule has 0 saturated carbocycles. The van der Waals surface area contributed by atoms with Gasteiger partial charge in [0.1, 0.15) is 0 Å². The minimum absolute atomic E-state index is 0.0666. The molecular formula is C19H22N2O6P2S. The molecule has 2 aromatic carbocycles. The summed E-state index contributed by atoms with van der Waals surface area (Å²) in [4.78, 5) is 45.5. The topological polar surface area (TPSA) is 131 Å². The maximum Gasteiger partial charge on any atom is 0.370 e. The first-order valence-electron chi connectivity index (χ1n) is 9.18. The van der Waals surface area contributed by atoms with Crippen molar-refractivity contribution >= 4 is 43.7 Å². The standard InChI is InChI=1S/C19H22N2O6P2S/c1-3-21(4-2)14-11-9-13(10-12-14)17-15-7-5-6-8-16(15)18(30)19(20-17,28(22,23)24)29(25,26)27/h5-12H,3-4H2,1-2H3,(H2,22,23,24)(H2,25,26,27). The van der Waals surface area contributed by atoms with Gasteiger partial charge in [0.15, 0.2) is 0 Å². The Hall–Kier alpha value is -1.70. The van der Waals surface area contributed by atoms with Gasteiger partial charge in [-0.2, -0.15) is 0 Å². The fourth-order valence-corrected chi connectivity index (χ4v) is 7.06. The number of thiocarbonyl (C=S) groups is 1. The molecule has 1 aliphatic heterocycles. The van der Waals surface area contributed by atoms with Crippen molar-refractivity contribution in [1.29, 1.82) is 0 Å². The van der Waals surface area contributed by atoms with E-state index in [4.69, 9.17) is 12.2 Å². The molecule has 11 heteroatoms. The van der Waals surface area contributed by atoms with Crippen LogP contribution >= 0.6 is 27.4 Å². The Morgan fingerprint density at radius 1 is 0.900 bits per heavy atom. The lowest BCUT2D eigenvalue weighted by Gasteiger charge is -2.36. The van der Waals surface area contributed by atoms with Crippen LogP contribution in [0.2, 0.25) is 0 Å². The monoisotopic (exact) mass is 468 g/mol. The van der Waals surface area contributed by atoms with Crippen LogP contribution in [0, 0.1) is 0 Å². The van der Waals surface area contributed by atoms with E-state index in [0.717, 1.165) is 18.8 Å². The fourth-order valence-electron chi connectivity index (χ4n) is 3.54. The summed E-state index contributed by atoms with van der Waals surface area (Å²) >= 11 is 5.18. The minimum atomic E-state index is -5.50. The summed E-state index contributed by atoms with van der Waals surface area (Å²) in [6.07, 6.45) is 0. The maximum absolute atomic E-state index is 12.4. The van der Waals surface area contributed by atoms with Crippen LogP contribution in [0.1, 0.15) is 30.5 Å². The van der Waals surface area contributed by atoms with E-state index in [-0.39, 0.29) is 11.3 Å². The lowest BCUT2D eigenvalue weighted by atomic mass is 9.93. The SMILES string of the molecule is CCN(CC)c1ccc(C2=NC(P(=O)(O)O)(P(=O)(O)O)C(=S)c3ccccc32)cc1. The highest BCUT2D eigenvalue weighted by Gasteiger charge is 2.65. The van der Waals surface area contributed by atoms with Gasteiger partial charge < -0.3 is 24.5 Å². The molecule has 8 nitrogen and oxygen atoms in total. The second-order valence-corrected chi connectivity index (χ2v) is 11.0. The first-order chi connectivity index (χ1) is 14.0.